The van der Waals surface area contributed by atoms with E-state index >= 15 is 0 Å². The van der Waals surface area contributed by atoms with Crippen molar-refractivity contribution in [2.24, 2.45) is 0 Å². The van der Waals surface area contributed by atoms with Gasteiger partial charge in [0.2, 0.25) is 11.8 Å². The second-order valence-corrected chi connectivity index (χ2v) is 8.74. The number of carbonyl (C=O) groups excluding carboxylic acids is 2. The van der Waals surface area contributed by atoms with Crippen molar-refractivity contribution >= 4 is 23.6 Å². The van der Waals surface area contributed by atoms with Gasteiger partial charge in [-0.05, 0) is 55.8 Å². The molecular formula is C24H31N3O3S. The van der Waals surface area contributed by atoms with Crippen LogP contribution in [0, 0.1) is 0 Å². The fraction of sp³-hybridized carbons (Fsp3) is 0.417. The number of ether oxygens (including phenoxy) is 1. The summed E-state index contributed by atoms with van der Waals surface area (Å²) in [7, 11) is 0. The van der Waals surface area contributed by atoms with E-state index in [0.717, 1.165) is 35.8 Å². The second-order valence-electron chi connectivity index (χ2n) is 7.65. The van der Waals surface area contributed by atoms with Crippen LogP contribution in [0.25, 0.3) is 0 Å². The molecule has 1 atom stereocenters. The van der Waals surface area contributed by atoms with Crippen molar-refractivity contribution in [3.8, 4) is 5.75 Å². The van der Waals surface area contributed by atoms with Crippen molar-refractivity contribution in [2.45, 2.75) is 37.3 Å². The zero-order valence-electron chi connectivity index (χ0n) is 18.0. The van der Waals surface area contributed by atoms with Gasteiger partial charge in [0.05, 0.1) is 0 Å². The number of likely N-dealkylation sites (tertiary alicyclic amines) is 1. The topological polar surface area (TPSA) is 70.7 Å². The molecule has 1 fully saturated rings. The lowest BCUT2D eigenvalue weighted by Gasteiger charge is -2.19. The highest BCUT2D eigenvalue weighted by Crippen LogP contribution is 2.23. The van der Waals surface area contributed by atoms with Gasteiger partial charge < -0.3 is 20.3 Å². The van der Waals surface area contributed by atoms with E-state index in [1.165, 1.54) is 31.5 Å². The molecular weight excluding hydrogens is 410 g/mol. The molecule has 2 aromatic carbocycles. The number of hydrogen-bond acceptors (Lipinski definition) is 5. The molecule has 2 N–H and O–H groups in total. The van der Waals surface area contributed by atoms with Crippen LogP contribution < -0.4 is 15.4 Å². The Balaban J connectivity index is 1.44. The maximum atomic E-state index is 12.6. The predicted octanol–water partition coefficient (Wildman–Crippen LogP) is 3.07. The first-order valence-corrected chi connectivity index (χ1v) is 11.8. The smallest absolute Gasteiger partial charge is 0.243 e. The Morgan fingerprint density at radius 2 is 1.77 bits per heavy atom. The molecule has 0 aromatic heterocycles. The number of hydrogen-bond donors (Lipinski definition) is 2. The highest BCUT2D eigenvalue weighted by Gasteiger charge is 2.20. The molecule has 0 bridgehead atoms. The van der Waals surface area contributed by atoms with Gasteiger partial charge in [0.1, 0.15) is 18.4 Å². The molecule has 1 aliphatic heterocycles. The fourth-order valence-corrected chi connectivity index (χ4v) is 4.37. The van der Waals surface area contributed by atoms with E-state index in [4.69, 9.17) is 4.74 Å². The van der Waals surface area contributed by atoms with E-state index in [0.29, 0.717) is 18.9 Å². The minimum atomic E-state index is -0.560. The molecule has 3 rings (SSSR count). The minimum absolute atomic E-state index is 0.135. The molecule has 1 unspecified atom stereocenters. The number of carbonyl (C=O) groups is 2. The van der Waals surface area contributed by atoms with E-state index in [2.05, 4.69) is 15.5 Å². The number of benzene rings is 2. The van der Waals surface area contributed by atoms with Gasteiger partial charge in [-0.15, -0.1) is 11.8 Å². The number of thioether (sulfide) groups is 1. The fourth-order valence-electron chi connectivity index (χ4n) is 3.45. The van der Waals surface area contributed by atoms with Crippen LogP contribution in [0.2, 0.25) is 0 Å². The van der Waals surface area contributed by atoms with E-state index in [1.807, 2.05) is 54.6 Å². The van der Waals surface area contributed by atoms with Gasteiger partial charge in [-0.1, -0.05) is 30.3 Å². The monoisotopic (exact) mass is 441 g/mol. The lowest BCUT2D eigenvalue weighted by Crippen LogP contribution is -2.49. The third-order valence-electron chi connectivity index (χ3n) is 5.11. The standard InChI is InChI=1S/C24H31N3O3S/c1-19(28)26-23(24(29)25-13-16-27-14-5-6-15-27)18-31-22-11-9-21(10-12-22)30-17-20-7-3-2-4-8-20/h2-4,7-12,23H,5-6,13-18H2,1H3,(H,25,29)(H,26,28). The van der Waals surface area contributed by atoms with Crippen LogP contribution in [0.1, 0.15) is 25.3 Å². The van der Waals surface area contributed by atoms with Crippen molar-refractivity contribution in [3.05, 3.63) is 60.2 Å². The SMILES string of the molecule is CC(=O)NC(CSc1ccc(OCc2ccccc2)cc1)C(=O)NCCN1CCCC1. The summed E-state index contributed by atoms with van der Waals surface area (Å²) in [6, 6.07) is 17.3. The van der Waals surface area contributed by atoms with Gasteiger partial charge in [0.15, 0.2) is 0 Å². The van der Waals surface area contributed by atoms with Crippen molar-refractivity contribution in [1.82, 2.24) is 15.5 Å². The van der Waals surface area contributed by atoms with E-state index in [-0.39, 0.29) is 11.8 Å². The molecule has 0 spiro atoms. The Kier molecular flexibility index (Phi) is 9.24. The maximum absolute atomic E-state index is 12.6. The van der Waals surface area contributed by atoms with Gasteiger partial charge in [-0.3, -0.25) is 9.59 Å². The first kappa shape index (κ1) is 23.2. The highest BCUT2D eigenvalue weighted by atomic mass is 32.2. The molecule has 2 amide bonds. The Morgan fingerprint density at radius 3 is 2.45 bits per heavy atom. The van der Waals surface area contributed by atoms with Crippen LogP contribution >= 0.6 is 11.8 Å². The molecule has 31 heavy (non-hydrogen) atoms. The lowest BCUT2D eigenvalue weighted by molar-refractivity contribution is -0.127. The quantitative estimate of drug-likeness (QED) is 0.525. The van der Waals surface area contributed by atoms with Crippen LogP contribution in [-0.4, -0.2) is 54.7 Å². The molecule has 0 saturated carbocycles. The largest absolute Gasteiger partial charge is 0.489 e. The van der Waals surface area contributed by atoms with Crippen molar-refractivity contribution in [3.63, 3.8) is 0 Å². The van der Waals surface area contributed by atoms with E-state index < -0.39 is 6.04 Å². The zero-order valence-corrected chi connectivity index (χ0v) is 18.8. The molecule has 7 heteroatoms. The van der Waals surface area contributed by atoms with Gasteiger partial charge >= 0.3 is 0 Å². The summed E-state index contributed by atoms with van der Waals surface area (Å²) in [5.74, 6) is 0.931. The Hall–Kier alpha value is -2.51. The van der Waals surface area contributed by atoms with Crippen LogP contribution in [0.4, 0.5) is 0 Å². The van der Waals surface area contributed by atoms with Gasteiger partial charge in [-0.25, -0.2) is 0 Å². The third-order valence-corrected chi connectivity index (χ3v) is 6.21. The van der Waals surface area contributed by atoms with E-state index in [9.17, 15) is 9.59 Å². The molecule has 1 aliphatic rings. The Labute approximate surface area is 188 Å². The number of rotatable bonds is 11. The van der Waals surface area contributed by atoms with Gasteiger partial charge in [0, 0.05) is 30.7 Å². The van der Waals surface area contributed by atoms with Crippen LogP contribution in [0.15, 0.2) is 59.5 Å². The molecule has 166 valence electrons. The summed E-state index contributed by atoms with van der Waals surface area (Å²) in [5, 5.41) is 5.73. The normalized spacial score (nSPS) is 14.7. The van der Waals surface area contributed by atoms with Crippen LogP contribution in [-0.2, 0) is 16.2 Å². The molecule has 1 saturated heterocycles. The van der Waals surface area contributed by atoms with Gasteiger partial charge in [0.25, 0.3) is 0 Å². The predicted molar refractivity (Wildman–Crippen MR) is 124 cm³/mol. The van der Waals surface area contributed by atoms with Crippen LogP contribution in [0.3, 0.4) is 0 Å². The molecule has 1 heterocycles. The summed E-state index contributed by atoms with van der Waals surface area (Å²) in [5.41, 5.74) is 1.12. The summed E-state index contributed by atoms with van der Waals surface area (Å²) in [6.07, 6.45) is 2.46. The van der Waals surface area contributed by atoms with Crippen molar-refractivity contribution in [2.75, 3.05) is 31.9 Å². The zero-order chi connectivity index (χ0) is 21.9. The summed E-state index contributed by atoms with van der Waals surface area (Å²) < 4.78 is 5.82. The summed E-state index contributed by atoms with van der Waals surface area (Å²) in [4.78, 5) is 27.5. The third kappa shape index (κ3) is 8.26. The first-order chi connectivity index (χ1) is 15.1. The average molecular weight is 442 g/mol. The molecule has 0 radical (unpaired) electrons. The molecule has 0 aliphatic carbocycles. The highest BCUT2D eigenvalue weighted by molar-refractivity contribution is 7.99. The first-order valence-electron chi connectivity index (χ1n) is 10.8. The van der Waals surface area contributed by atoms with Crippen molar-refractivity contribution < 1.29 is 14.3 Å². The molecule has 2 aromatic rings. The number of amides is 2. The van der Waals surface area contributed by atoms with Crippen LogP contribution in [0.5, 0.6) is 5.75 Å². The van der Waals surface area contributed by atoms with Crippen molar-refractivity contribution in [1.29, 1.82) is 0 Å². The molecule has 6 nitrogen and oxygen atoms in total. The maximum Gasteiger partial charge on any atom is 0.243 e. The number of nitrogens with zero attached hydrogens (tertiary/aromatic N) is 1. The second kappa shape index (κ2) is 12.4. The number of nitrogens with one attached hydrogen (secondary N) is 2. The van der Waals surface area contributed by atoms with E-state index in [1.54, 1.807) is 0 Å². The Bertz CT molecular complexity index is 824. The average Bonchev–Trinajstić information content (AvgIpc) is 3.30. The minimum Gasteiger partial charge on any atom is -0.489 e. The lowest BCUT2D eigenvalue weighted by atomic mass is 10.2. The Morgan fingerprint density at radius 1 is 1.06 bits per heavy atom. The van der Waals surface area contributed by atoms with Gasteiger partial charge in [-0.2, -0.15) is 0 Å². The summed E-state index contributed by atoms with van der Waals surface area (Å²) in [6.45, 7) is 5.63. The summed E-state index contributed by atoms with van der Waals surface area (Å²) >= 11 is 1.54.